The quantitative estimate of drug-likeness (QED) is 0.749. The van der Waals surface area contributed by atoms with Gasteiger partial charge in [-0.25, -0.2) is 4.98 Å². The van der Waals surface area contributed by atoms with E-state index in [1.807, 2.05) is 12.1 Å². The summed E-state index contributed by atoms with van der Waals surface area (Å²) in [7, 11) is 1.77. The minimum absolute atomic E-state index is 0.131. The zero-order valence-corrected chi connectivity index (χ0v) is 12.0. The van der Waals surface area contributed by atoms with Crippen LogP contribution in [0.3, 0.4) is 0 Å². The van der Waals surface area contributed by atoms with Crippen LogP contribution in [0.1, 0.15) is 39.0 Å². The molecule has 0 bridgehead atoms. The second-order valence-corrected chi connectivity index (χ2v) is 5.01. The minimum atomic E-state index is 0.131. The monoisotopic (exact) mass is 298 g/mol. The van der Waals surface area contributed by atoms with Gasteiger partial charge in [0.25, 0.3) is 0 Å². The molecule has 1 aromatic rings. The van der Waals surface area contributed by atoms with E-state index in [9.17, 15) is 4.79 Å². The van der Waals surface area contributed by atoms with Crippen LogP contribution < -0.4 is 4.90 Å². The zero-order chi connectivity index (χ0) is 12.7. The summed E-state index contributed by atoms with van der Waals surface area (Å²) in [6, 6.07) is 3.70. The van der Waals surface area contributed by atoms with E-state index in [0.29, 0.717) is 12.2 Å². The van der Waals surface area contributed by atoms with Crippen molar-refractivity contribution in [3.63, 3.8) is 0 Å². The van der Waals surface area contributed by atoms with Crippen LogP contribution in [0.5, 0.6) is 0 Å². The number of rotatable bonds is 6. The first kappa shape index (κ1) is 14.2. The zero-order valence-electron chi connectivity index (χ0n) is 10.4. The fourth-order valence-electron chi connectivity index (χ4n) is 1.58. The summed E-state index contributed by atoms with van der Waals surface area (Å²) in [5.74, 6) is 0.826. The van der Waals surface area contributed by atoms with Gasteiger partial charge in [-0.15, -0.1) is 0 Å². The molecular weight excluding hydrogens is 280 g/mol. The number of carbonyl (C=O) groups is 1. The highest BCUT2D eigenvalue weighted by atomic mass is 79.9. The van der Waals surface area contributed by atoms with Gasteiger partial charge >= 0.3 is 0 Å². The van der Waals surface area contributed by atoms with Crippen molar-refractivity contribution in [2.24, 2.45) is 0 Å². The van der Waals surface area contributed by atoms with Crippen LogP contribution in [0.4, 0.5) is 5.82 Å². The predicted molar refractivity (Wildman–Crippen MR) is 74.1 cm³/mol. The molecule has 0 N–H and O–H groups in total. The van der Waals surface area contributed by atoms with Crippen LogP contribution in [0.2, 0.25) is 0 Å². The Labute approximate surface area is 111 Å². The van der Waals surface area contributed by atoms with E-state index >= 15 is 0 Å². The van der Waals surface area contributed by atoms with Crippen molar-refractivity contribution in [3.8, 4) is 0 Å². The van der Waals surface area contributed by atoms with Crippen molar-refractivity contribution in [3.05, 3.63) is 22.8 Å². The minimum Gasteiger partial charge on any atom is -0.300 e. The highest BCUT2D eigenvalue weighted by Crippen LogP contribution is 2.17. The van der Waals surface area contributed by atoms with E-state index in [-0.39, 0.29) is 5.91 Å². The maximum absolute atomic E-state index is 11.9. The molecule has 4 heteroatoms. The van der Waals surface area contributed by atoms with Crippen molar-refractivity contribution >= 4 is 27.7 Å². The molecule has 3 nitrogen and oxygen atoms in total. The van der Waals surface area contributed by atoms with Crippen molar-refractivity contribution in [1.82, 2.24) is 4.98 Å². The van der Waals surface area contributed by atoms with E-state index in [0.717, 1.165) is 17.3 Å². The number of hydrogen-bond acceptors (Lipinski definition) is 2. The molecule has 0 unspecified atom stereocenters. The molecule has 0 saturated carbocycles. The van der Waals surface area contributed by atoms with Crippen molar-refractivity contribution in [2.45, 2.75) is 39.0 Å². The van der Waals surface area contributed by atoms with Gasteiger partial charge in [-0.05, 0) is 18.6 Å². The summed E-state index contributed by atoms with van der Waals surface area (Å²) in [6.07, 6.45) is 6.78. The third kappa shape index (κ3) is 4.86. The van der Waals surface area contributed by atoms with E-state index in [1.54, 1.807) is 18.1 Å². The van der Waals surface area contributed by atoms with Crippen molar-refractivity contribution < 1.29 is 4.79 Å². The first-order valence-corrected chi connectivity index (χ1v) is 6.82. The van der Waals surface area contributed by atoms with E-state index in [2.05, 4.69) is 27.8 Å². The molecule has 0 aromatic carbocycles. The van der Waals surface area contributed by atoms with Crippen LogP contribution in [0.15, 0.2) is 22.8 Å². The first-order valence-electron chi connectivity index (χ1n) is 6.03. The molecular formula is C13H19BrN2O. The number of amides is 1. The van der Waals surface area contributed by atoms with Gasteiger partial charge in [0.05, 0.1) is 0 Å². The van der Waals surface area contributed by atoms with Gasteiger partial charge in [0.2, 0.25) is 5.91 Å². The average Bonchev–Trinajstić information content (AvgIpc) is 2.33. The lowest BCUT2D eigenvalue weighted by molar-refractivity contribution is -0.118. The molecule has 0 atom stereocenters. The number of unbranched alkanes of at least 4 members (excludes halogenated alkanes) is 3. The Hall–Kier alpha value is -0.900. The van der Waals surface area contributed by atoms with Crippen LogP contribution in [0.25, 0.3) is 0 Å². The van der Waals surface area contributed by atoms with Gasteiger partial charge in [0.15, 0.2) is 0 Å². The second kappa shape index (κ2) is 7.43. The molecule has 94 valence electrons. The number of halogens is 1. The van der Waals surface area contributed by atoms with Gasteiger partial charge in [0, 0.05) is 24.1 Å². The highest BCUT2D eigenvalue weighted by Gasteiger charge is 2.11. The summed E-state index contributed by atoms with van der Waals surface area (Å²) in [5.41, 5.74) is 0. The Balaban J connectivity index is 2.46. The second-order valence-electron chi connectivity index (χ2n) is 4.10. The van der Waals surface area contributed by atoms with Crippen molar-refractivity contribution in [1.29, 1.82) is 0 Å². The molecule has 1 heterocycles. The molecule has 1 aromatic heterocycles. The normalized spacial score (nSPS) is 10.3. The fraction of sp³-hybridized carbons (Fsp3) is 0.538. The number of carbonyl (C=O) groups excluding carboxylic acids is 1. The molecule has 0 spiro atoms. The van der Waals surface area contributed by atoms with E-state index in [1.165, 1.54) is 12.8 Å². The molecule has 0 aliphatic rings. The summed E-state index contributed by atoms with van der Waals surface area (Å²) >= 11 is 3.37. The Bertz CT molecular complexity index is 368. The lowest BCUT2D eigenvalue weighted by Gasteiger charge is -2.16. The summed E-state index contributed by atoms with van der Waals surface area (Å²) in [5, 5.41) is 0. The van der Waals surface area contributed by atoms with Crippen LogP contribution >= 0.6 is 15.9 Å². The summed E-state index contributed by atoms with van der Waals surface area (Å²) in [4.78, 5) is 17.7. The molecule has 17 heavy (non-hydrogen) atoms. The van der Waals surface area contributed by atoms with Gasteiger partial charge in [-0.1, -0.05) is 42.1 Å². The van der Waals surface area contributed by atoms with Crippen LogP contribution in [-0.2, 0) is 4.79 Å². The Morgan fingerprint density at radius 3 is 2.82 bits per heavy atom. The van der Waals surface area contributed by atoms with Gasteiger partial charge in [-0.3, -0.25) is 9.69 Å². The maximum atomic E-state index is 11.9. The Morgan fingerprint density at radius 1 is 1.41 bits per heavy atom. The average molecular weight is 299 g/mol. The lowest BCUT2D eigenvalue weighted by Crippen LogP contribution is -2.26. The summed E-state index contributed by atoms with van der Waals surface area (Å²) < 4.78 is 0.938. The SMILES string of the molecule is CCCCCCC(=O)N(C)c1cc(Br)ccn1. The van der Waals surface area contributed by atoms with Gasteiger partial charge in [-0.2, -0.15) is 0 Å². The molecule has 1 amide bonds. The van der Waals surface area contributed by atoms with E-state index < -0.39 is 0 Å². The third-order valence-electron chi connectivity index (χ3n) is 2.67. The Kier molecular flexibility index (Phi) is 6.19. The summed E-state index contributed by atoms with van der Waals surface area (Å²) in [6.45, 7) is 2.17. The van der Waals surface area contributed by atoms with Crippen LogP contribution in [0, 0.1) is 0 Å². The number of anilines is 1. The smallest absolute Gasteiger partial charge is 0.227 e. The van der Waals surface area contributed by atoms with Crippen molar-refractivity contribution in [2.75, 3.05) is 11.9 Å². The van der Waals surface area contributed by atoms with Gasteiger partial charge in [0.1, 0.15) is 5.82 Å². The molecule has 1 rings (SSSR count). The standard InChI is InChI=1S/C13H19BrN2O/c1-3-4-5-6-7-13(17)16(2)12-10-11(14)8-9-15-12/h8-10H,3-7H2,1-2H3. The van der Waals surface area contributed by atoms with Gasteiger partial charge < -0.3 is 0 Å². The lowest BCUT2D eigenvalue weighted by atomic mass is 10.1. The molecule has 0 saturated heterocycles. The molecule has 0 radical (unpaired) electrons. The highest BCUT2D eigenvalue weighted by molar-refractivity contribution is 9.10. The maximum Gasteiger partial charge on any atom is 0.227 e. The fourth-order valence-corrected chi connectivity index (χ4v) is 1.90. The number of aromatic nitrogens is 1. The number of hydrogen-bond donors (Lipinski definition) is 0. The predicted octanol–water partition coefficient (Wildman–Crippen LogP) is 3.78. The number of nitrogens with zero attached hydrogens (tertiary/aromatic N) is 2. The third-order valence-corrected chi connectivity index (χ3v) is 3.16. The molecule has 0 aliphatic heterocycles. The van der Waals surface area contributed by atoms with Crippen LogP contribution in [-0.4, -0.2) is 17.9 Å². The van der Waals surface area contributed by atoms with E-state index in [4.69, 9.17) is 0 Å². The topological polar surface area (TPSA) is 33.2 Å². The largest absolute Gasteiger partial charge is 0.300 e. The molecule has 0 fully saturated rings. The molecule has 0 aliphatic carbocycles. The number of pyridine rings is 1. The Morgan fingerprint density at radius 2 is 2.18 bits per heavy atom. The first-order chi connectivity index (χ1) is 8.15.